The van der Waals surface area contributed by atoms with E-state index in [-0.39, 0.29) is 5.78 Å². The Morgan fingerprint density at radius 1 is 1.00 bits per heavy atom. The summed E-state index contributed by atoms with van der Waals surface area (Å²) in [5, 5.41) is 4.33. The van der Waals surface area contributed by atoms with E-state index < -0.39 is 12.0 Å². The van der Waals surface area contributed by atoms with E-state index in [1.807, 2.05) is 73.7 Å². The van der Waals surface area contributed by atoms with Crippen LogP contribution in [0.15, 0.2) is 95.6 Å². The summed E-state index contributed by atoms with van der Waals surface area (Å²) in [5.41, 5.74) is 8.91. The van der Waals surface area contributed by atoms with E-state index in [4.69, 9.17) is 28.9 Å². The molecule has 0 spiro atoms. The van der Waals surface area contributed by atoms with Crippen LogP contribution in [0.25, 0.3) is 0 Å². The zero-order chi connectivity index (χ0) is 22.9. The average Bonchev–Trinajstić information content (AvgIpc) is 2.83. The highest BCUT2D eigenvalue weighted by Crippen LogP contribution is 2.32. The largest absolute Gasteiger partial charge is 0.404 e. The Morgan fingerprint density at radius 2 is 1.66 bits per heavy atom. The van der Waals surface area contributed by atoms with Gasteiger partial charge in [-0.25, -0.2) is 0 Å². The Morgan fingerprint density at radius 3 is 2.25 bits per heavy atom. The Kier molecular flexibility index (Phi) is 8.48. The second kappa shape index (κ2) is 11.5. The number of benzene rings is 3. The average molecular weight is 466 g/mol. The molecule has 2 atom stereocenters. The van der Waals surface area contributed by atoms with Crippen molar-refractivity contribution in [2.24, 2.45) is 10.7 Å². The lowest BCUT2D eigenvalue weighted by molar-refractivity contribution is 0.0955. The second-order valence-electron chi connectivity index (χ2n) is 7.16. The number of Topliss-reactive ketones (excluding diaryl/α,β-unsaturated/α-hetero) is 1. The summed E-state index contributed by atoms with van der Waals surface area (Å²) < 4.78 is 0. The first kappa shape index (κ1) is 23.6. The van der Waals surface area contributed by atoms with Gasteiger partial charge in [-0.15, -0.1) is 0 Å². The number of ketones is 1. The van der Waals surface area contributed by atoms with Crippen molar-refractivity contribution in [3.05, 3.63) is 112 Å². The van der Waals surface area contributed by atoms with E-state index in [0.717, 1.165) is 11.3 Å². The predicted molar refractivity (Wildman–Crippen MR) is 135 cm³/mol. The van der Waals surface area contributed by atoms with Gasteiger partial charge < -0.3 is 11.1 Å². The molecule has 3 rings (SSSR count). The number of halogens is 2. The summed E-state index contributed by atoms with van der Waals surface area (Å²) >= 11 is 12.3. The molecular weight excluding hydrogens is 441 g/mol. The Balaban J connectivity index is 2.14. The van der Waals surface area contributed by atoms with Gasteiger partial charge in [-0.1, -0.05) is 83.9 Å². The van der Waals surface area contributed by atoms with Gasteiger partial charge in [0, 0.05) is 35.8 Å². The smallest absolute Gasteiger partial charge is 0.172 e. The minimum absolute atomic E-state index is 0.0291. The van der Waals surface area contributed by atoms with Crippen molar-refractivity contribution in [3.8, 4) is 0 Å². The number of nitrogens with one attached hydrogen (secondary N) is 1. The highest BCUT2D eigenvalue weighted by molar-refractivity contribution is 6.42. The molecule has 3 aromatic rings. The summed E-state index contributed by atoms with van der Waals surface area (Å²) in [6.07, 6.45) is 3.20. The highest BCUT2D eigenvalue weighted by Gasteiger charge is 2.33. The van der Waals surface area contributed by atoms with E-state index in [2.05, 4.69) is 10.3 Å². The SMILES string of the molecule is CCN=CC(=CN)C(Nc1ccc(Cl)c(Cl)c1)C(C(=O)c1ccccc1)c1ccccc1. The second-order valence-corrected chi connectivity index (χ2v) is 7.98. The van der Waals surface area contributed by atoms with Gasteiger partial charge in [0.15, 0.2) is 5.78 Å². The molecule has 0 radical (unpaired) electrons. The molecule has 3 aromatic carbocycles. The van der Waals surface area contributed by atoms with Crippen molar-refractivity contribution in [1.29, 1.82) is 0 Å². The van der Waals surface area contributed by atoms with Crippen molar-refractivity contribution in [2.45, 2.75) is 18.9 Å². The molecule has 0 saturated carbocycles. The van der Waals surface area contributed by atoms with Crippen LogP contribution in [0, 0.1) is 0 Å². The van der Waals surface area contributed by atoms with Crippen molar-refractivity contribution >= 4 is 40.9 Å². The first-order chi connectivity index (χ1) is 15.5. The maximum Gasteiger partial charge on any atom is 0.172 e. The maximum atomic E-state index is 13.8. The quantitative estimate of drug-likeness (QED) is 0.284. The zero-order valence-electron chi connectivity index (χ0n) is 17.7. The molecule has 2 unspecified atom stereocenters. The molecule has 6 heteroatoms. The van der Waals surface area contributed by atoms with Gasteiger partial charge in [0.2, 0.25) is 0 Å². The predicted octanol–water partition coefficient (Wildman–Crippen LogP) is 6.37. The Labute approximate surface area is 198 Å². The summed E-state index contributed by atoms with van der Waals surface area (Å²) in [5.74, 6) is -0.593. The minimum Gasteiger partial charge on any atom is -0.404 e. The van der Waals surface area contributed by atoms with Crippen LogP contribution < -0.4 is 11.1 Å². The van der Waals surface area contributed by atoms with Gasteiger partial charge in [0.05, 0.1) is 22.0 Å². The number of hydrogen-bond acceptors (Lipinski definition) is 4. The fourth-order valence-corrected chi connectivity index (χ4v) is 3.78. The van der Waals surface area contributed by atoms with Gasteiger partial charge >= 0.3 is 0 Å². The summed E-state index contributed by atoms with van der Waals surface area (Å²) in [6.45, 7) is 2.54. The van der Waals surface area contributed by atoms with E-state index in [1.165, 1.54) is 6.20 Å². The molecule has 3 N–H and O–H groups in total. The van der Waals surface area contributed by atoms with Crippen LogP contribution in [0.4, 0.5) is 5.69 Å². The molecule has 0 aliphatic carbocycles. The lowest BCUT2D eigenvalue weighted by Gasteiger charge is -2.29. The van der Waals surface area contributed by atoms with Crippen molar-refractivity contribution in [1.82, 2.24) is 0 Å². The molecule has 0 saturated heterocycles. The molecule has 32 heavy (non-hydrogen) atoms. The fourth-order valence-electron chi connectivity index (χ4n) is 3.49. The monoisotopic (exact) mass is 465 g/mol. The van der Waals surface area contributed by atoms with Crippen LogP contribution in [0.2, 0.25) is 10.0 Å². The molecule has 0 heterocycles. The first-order valence-corrected chi connectivity index (χ1v) is 11.1. The standard InChI is InChI=1S/C26H25Cl2N3O/c1-2-30-17-20(16-29)25(31-21-13-14-22(27)23(28)15-21)24(18-9-5-3-6-10-18)26(32)19-11-7-4-8-12-19/h3-17,24-25,31H,2,29H2,1H3. The number of anilines is 1. The number of carbonyl (C=O) groups is 1. The van der Waals surface area contributed by atoms with Gasteiger partial charge in [0.1, 0.15) is 0 Å². The van der Waals surface area contributed by atoms with Crippen molar-refractivity contribution in [2.75, 3.05) is 11.9 Å². The number of hydrogen-bond donors (Lipinski definition) is 2. The maximum absolute atomic E-state index is 13.8. The normalized spacial score (nSPS) is 13.7. The van der Waals surface area contributed by atoms with Gasteiger partial charge in [0.25, 0.3) is 0 Å². The number of carbonyl (C=O) groups excluding carboxylic acids is 1. The third kappa shape index (κ3) is 5.78. The highest BCUT2D eigenvalue weighted by atomic mass is 35.5. The van der Waals surface area contributed by atoms with E-state index in [0.29, 0.717) is 27.7 Å². The molecule has 0 aliphatic rings. The van der Waals surface area contributed by atoms with E-state index in [9.17, 15) is 4.79 Å². The Hall–Kier alpha value is -3.08. The summed E-state index contributed by atoms with van der Waals surface area (Å²) in [4.78, 5) is 18.2. The molecule has 0 amide bonds. The molecule has 164 valence electrons. The van der Waals surface area contributed by atoms with Gasteiger partial charge in [-0.05, 0) is 30.7 Å². The number of nitrogens with two attached hydrogens (primary N) is 1. The molecule has 0 bridgehead atoms. The molecule has 4 nitrogen and oxygen atoms in total. The lowest BCUT2D eigenvalue weighted by Crippen LogP contribution is -2.36. The number of nitrogens with zero attached hydrogens (tertiary/aromatic N) is 1. The minimum atomic E-state index is -0.564. The number of aliphatic imine (C=N–C) groups is 1. The van der Waals surface area contributed by atoms with Crippen LogP contribution in [0.5, 0.6) is 0 Å². The Bertz CT molecular complexity index is 1100. The lowest BCUT2D eigenvalue weighted by atomic mass is 9.81. The third-order valence-corrected chi connectivity index (χ3v) is 5.79. The van der Waals surface area contributed by atoms with Crippen LogP contribution >= 0.6 is 23.2 Å². The zero-order valence-corrected chi connectivity index (χ0v) is 19.2. The topological polar surface area (TPSA) is 67.5 Å². The van der Waals surface area contributed by atoms with Crippen molar-refractivity contribution < 1.29 is 4.79 Å². The van der Waals surface area contributed by atoms with Gasteiger partial charge in [-0.2, -0.15) is 0 Å². The first-order valence-electron chi connectivity index (χ1n) is 10.3. The van der Waals surface area contributed by atoms with E-state index in [1.54, 1.807) is 18.3 Å². The van der Waals surface area contributed by atoms with Gasteiger partial charge in [-0.3, -0.25) is 9.79 Å². The van der Waals surface area contributed by atoms with Crippen LogP contribution in [-0.4, -0.2) is 24.6 Å². The molecule has 0 fully saturated rings. The molecule has 0 aromatic heterocycles. The molecular formula is C26H25Cl2N3O. The summed E-state index contributed by atoms with van der Waals surface area (Å²) in [6, 6.07) is 23.7. The van der Waals surface area contributed by atoms with E-state index >= 15 is 0 Å². The molecule has 0 aliphatic heterocycles. The number of rotatable bonds is 9. The summed E-state index contributed by atoms with van der Waals surface area (Å²) in [7, 11) is 0. The van der Waals surface area contributed by atoms with Crippen LogP contribution in [0.3, 0.4) is 0 Å². The van der Waals surface area contributed by atoms with Crippen LogP contribution in [-0.2, 0) is 0 Å². The fraction of sp³-hybridized carbons (Fsp3) is 0.154. The van der Waals surface area contributed by atoms with Crippen LogP contribution in [0.1, 0.15) is 28.8 Å². The van der Waals surface area contributed by atoms with Crippen molar-refractivity contribution in [3.63, 3.8) is 0 Å². The third-order valence-electron chi connectivity index (χ3n) is 5.05.